The van der Waals surface area contributed by atoms with E-state index < -0.39 is 0 Å². The predicted molar refractivity (Wildman–Crippen MR) is 70.1 cm³/mol. The first kappa shape index (κ1) is 12.4. The molecule has 0 fully saturated rings. The molecule has 1 aromatic heterocycles. The SMILES string of the molecule is O=Cc1cncc(-c2cc(Cl)c(Cl)cc2Cl)c1. The van der Waals surface area contributed by atoms with Crippen molar-refractivity contribution in [2.75, 3.05) is 0 Å². The van der Waals surface area contributed by atoms with Crippen molar-refractivity contribution in [2.45, 2.75) is 0 Å². The number of nitrogens with zero attached hydrogens (tertiary/aromatic N) is 1. The predicted octanol–water partition coefficient (Wildman–Crippen LogP) is 4.52. The number of carbonyl (C=O) groups excluding carboxylic acids is 1. The first-order chi connectivity index (χ1) is 8.11. The number of rotatable bonds is 2. The summed E-state index contributed by atoms with van der Waals surface area (Å²) in [6.07, 6.45) is 3.81. The number of aldehydes is 1. The van der Waals surface area contributed by atoms with Crippen molar-refractivity contribution in [2.24, 2.45) is 0 Å². The van der Waals surface area contributed by atoms with Gasteiger partial charge in [0.1, 0.15) is 0 Å². The topological polar surface area (TPSA) is 30.0 Å². The van der Waals surface area contributed by atoms with Gasteiger partial charge in [0.15, 0.2) is 6.29 Å². The maximum Gasteiger partial charge on any atom is 0.151 e. The van der Waals surface area contributed by atoms with Crippen LogP contribution in [0.25, 0.3) is 11.1 Å². The Balaban J connectivity index is 2.59. The summed E-state index contributed by atoms with van der Waals surface area (Å²) in [7, 11) is 0. The van der Waals surface area contributed by atoms with Crippen LogP contribution in [0.15, 0.2) is 30.6 Å². The molecule has 1 heterocycles. The van der Waals surface area contributed by atoms with Crippen LogP contribution < -0.4 is 0 Å². The average Bonchev–Trinajstić information content (AvgIpc) is 2.34. The van der Waals surface area contributed by atoms with Crippen LogP contribution in [0.1, 0.15) is 10.4 Å². The second-order valence-electron chi connectivity index (χ2n) is 3.37. The van der Waals surface area contributed by atoms with Crippen molar-refractivity contribution in [3.63, 3.8) is 0 Å². The number of halogens is 3. The third-order valence-electron chi connectivity index (χ3n) is 2.22. The van der Waals surface area contributed by atoms with Crippen molar-refractivity contribution in [3.8, 4) is 11.1 Å². The minimum absolute atomic E-state index is 0.389. The Hall–Kier alpha value is -1.09. The highest BCUT2D eigenvalue weighted by atomic mass is 35.5. The maximum atomic E-state index is 10.7. The van der Waals surface area contributed by atoms with Crippen LogP contribution in [0.4, 0.5) is 0 Å². The molecule has 5 heteroatoms. The van der Waals surface area contributed by atoms with Gasteiger partial charge < -0.3 is 0 Å². The Morgan fingerprint density at radius 2 is 1.65 bits per heavy atom. The normalized spacial score (nSPS) is 10.3. The van der Waals surface area contributed by atoms with E-state index in [1.807, 2.05) is 0 Å². The van der Waals surface area contributed by atoms with Crippen LogP contribution >= 0.6 is 34.8 Å². The summed E-state index contributed by atoms with van der Waals surface area (Å²) < 4.78 is 0. The van der Waals surface area contributed by atoms with Crippen LogP contribution in [0.2, 0.25) is 15.1 Å². The lowest BCUT2D eigenvalue weighted by atomic mass is 10.1. The molecule has 0 spiro atoms. The summed E-state index contributed by atoms with van der Waals surface area (Å²) in [4.78, 5) is 14.6. The zero-order chi connectivity index (χ0) is 12.4. The fraction of sp³-hybridized carbons (Fsp3) is 0. The van der Waals surface area contributed by atoms with Gasteiger partial charge in [-0.2, -0.15) is 0 Å². The molecule has 1 aromatic carbocycles. The van der Waals surface area contributed by atoms with E-state index in [0.29, 0.717) is 26.2 Å². The fourth-order valence-electron chi connectivity index (χ4n) is 1.41. The number of hydrogen-bond acceptors (Lipinski definition) is 2. The van der Waals surface area contributed by atoms with Crippen LogP contribution in [-0.2, 0) is 0 Å². The first-order valence-electron chi connectivity index (χ1n) is 4.67. The Bertz CT molecular complexity index is 584. The molecule has 0 aliphatic carbocycles. The van der Waals surface area contributed by atoms with E-state index in [9.17, 15) is 4.79 Å². The summed E-state index contributed by atoms with van der Waals surface area (Å²) in [6, 6.07) is 4.90. The molecule has 2 aromatic rings. The van der Waals surface area contributed by atoms with Crippen molar-refractivity contribution in [3.05, 3.63) is 51.2 Å². The molecule has 0 saturated carbocycles. The van der Waals surface area contributed by atoms with Crippen molar-refractivity contribution >= 4 is 41.1 Å². The molecule has 86 valence electrons. The molecular formula is C12H6Cl3NO. The Morgan fingerprint density at radius 3 is 2.35 bits per heavy atom. The summed E-state index contributed by atoms with van der Waals surface area (Å²) in [6.45, 7) is 0. The number of aromatic nitrogens is 1. The highest BCUT2D eigenvalue weighted by Gasteiger charge is 2.08. The van der Waals surface area contributed by atoms with E-state index in [-0.39, 0.29) is 0 Å². The standard InChI is InChI=1S/C12H6Cl3NO/c13-10-3-12(15)11(14)2-9(10)8-1-7(6-17)4-16-5-8/h1-6H. The van der Waals surface area contributed by atoms with Gasteiger partial charge in [0.05, 0.1) is 15.1 Å². The van der Waals surface area contributed by atoms with Crippen molar-refractivity contribution < 1.29 is 4.79 Å². The Morgan fingerprint density at radius 1 is 0.941 bits per heavy atom. The van der Waals surface area contributed by atoms with Crippen LogP contribution in [0, 0.1) is 0 Å². The molecular weight excluding hydrogens is 280 g/mol. The second-order valence-corrected chi connectivity index (χ2v) is 4.59. The molecule has 17 heavy (non-hydrogen) atoms. The van der Waals surface area contributed by atoms with Gasteiger partial charge in [0.25, 0.3) is 0 Å². The third kappa shape index (κ3) is 2.60. The van der Waals surface area contributed by atoms with Crippen molar-refractivity contribution in [1.82, 2.24) is 4.98 Å². The lowest BCUT2D eigenvalue weighted by molar-refractivity contribution is 0.112. The quantitative estimate of drug-likeness (QED) is 0.600. The molecule has 0 saturated heterocycles. The van der Waals surface area contributed by atoms with E-state index >= 15 is 0 Å². The minimum Gasteiger partial charge on any atom is -0.298 e. The molecule has 0 amide bonds. The van der Waals surface area contributed by atoms with E-state index in [2.05, 4.69) is 4.98 Å². The average molecular weight is 287 g/mol. The Kier molecular flexibility index (Phi) is 3.67. The van der Waals surface area contributed by atoms with Gasteiger partial charge >= 0.3 is 0 Å². The summed E-state index contributed by atoms with van der Waals surface area (Å²) in [5.41, 5.74) is 1.89. The van der Waals surface area contributed by atoms with Crippen molar-refractivity contribution in [1.29, 1.82) is 0 Å². The third-order valence-corrected chi connectivity index (χ3v) is 3.25. The molecule has 0 radical (unpaired) electrons. The maximum absolute atomic E-state index is 10.7. The fourth-order valence-corrected chi connectivity index (χ4v) is 2.07. The van der Waals surface area contributed by atoms with Gasteiger partial charge in [-0.05, 0) is 18.2 Å². The molecule has 2 rings (SSSR count). The van der Waals surface area contributed by atoms with Gasteiger partial charge in [-0.15, -0.1) is 0 Å². The number of carbonyl (C=O) groups is 1. The smallest absolute Gasteiger partial charge is 0.151 e. The van der Waals surface area contributed by atoms with Gasteiger partial charge in [0, 0.05) is 29.1 Å². The van der Waals surface area contributed by atoms with Gasteiger partial charge in [0.2, 0.25) is 0 Å². The largest absolute Gasteiger partial charge is 0.298 e. The van der Waals surface area contributed by atoms with E-state index in [1.54, 1.807) is 24.4 Å². The van der Waals surface area contributed by atoms with E-state index in [0.717, 1.165) is 11.8 Å². The van der Waals surface area contributed by atoms with Gasteiger partial charge in [-0.3, -0.25) is 9.78 Å². The lowest BCUT2D eigenvalue weighted by Crippen LogP contribution is -1.87. The lowest BCUT2D eigenvalue weighted by Gasteiger charge is -2.06. The first-order valence-corrected chi connectivity index (χ1v) is 5.80. The van der Waals surface area contributed by atoms with E-state index in [1.165, 1.54) is 6.20 Å². The monoisotopic (exact) mass is 285 g/mol. The van der Waals surface area contributed by atoms with Crippen LogP contribution in [-0.4, -0.2) is 11.3 Å². The minimum atomic E-state index is 0.389. The summed E-state index contributed by atoms with van der Waals surface area (Å²) in [5, 5.41) is 1.26. The number of benzene rings is 1. The van der Waals surface area contributed by atoms with Gasteiger partial charge in [-0.1, -0.05) is 34.8 Å². The highest BCUT2D eigenvalue weighted by Crippen LogP contribution is 2.34. The number of pyridine rings is 1. The molecule has 0 atom stereocenters. The molecule has 0 aliphatic rings. The van der Waals surface area contributed by atoms with Crippen LogP contribution in [0.3, 0.4) is 0 Å². The zero-order valence-electron chi connectivity index (χ0n) is 8.45. The van der Waals surface area contributed by atoms with Gasteiger partial charge in [-0.25, -0.2) is 0 Å². The molecule has 0 N–H and O–H groups in total. The second kappa shape index (κ2) is 5.05. The zero-order valence-corrected chi connectivity index (χ0v) is 10.7. The molecule has 2 nitrogen and oxygen atoms in total. The summed E-state index contributed by atoms with van der Waals surface area (Å²) >= 11 is 17.8. The molecule has 0 unspecified atom stereocenters. The van der Waals surface area contributed by atoms with E-state index in [4.69, 9.17) is 34.8 Å². The number of hydrogen-bond donors (Lipinski definition) is 0. The summed E-state index contributed by atoms with van der Waals surface area (Å²) in [5.74, 6) is 0. The highest BCUT2D eigenvalue weighted by molar-refractivity contribution is 6.44. The van der Waals surface area contributed by atoms with Crippen LogP contribution in [0.5, 0.6) is 0 Å². The Labute approximate surface area is 113 Å². The molecule has 0 aliphatic heterocycles. The molecule has 0 bridgehead atoms.